The van der Waals surface area contributed by atoms with Crippen molar-refractivity contribution in [1.82, 2.24) is 0 Å². The van der Waals surface area contributed by atoms with Crippen LogP contribution in [0.1, 0.15) is 20.7 Å². The molecule has 0 fully saturated rings. The highest BCUT2D eigenvalue weighted by atomic mass is 35.5. The molecule has 0 radical (unpaired) electrons. The van der Waals surface area contributed by atoms with E-state index in [1.807, 2.05) is 0 Å². The topological polar surface area (TPSA) is 75.6 Å². The average Bonchev–Trinajstić information content (AvgIpc) is 2.57. The van der Waals surface area contributed by atoms with Gasteiger partial charge in [0.25, 0.3) is 0 Å². The quantitative estimate of drug-likeness (QED) is 0.903. The summed E-state index contributed by atoms with van der Waals surface area (Å²) in [5.74, 6) is -0.584. The molecule has 6 heteroatoms. The fourth-order valence-corrected chi connectivity index (χ4v) is 2.60. The molecule has 0 atom stereocenters. The van der Waals surface area contributed by atoms with Gasteiger partial charge in [-0.3, -0.25) is 9.59 Å². The summed E-state index contributed by atoms with van der Waals surface area (Å²) >= 11 is 6.06. The number of aromatic hydroxyl groups is 1. The maximum absolute atomic E-state index is 12.5. The minimum atomic E-state index is -0.415. The smallest absolute Gasteiger partial charge is 0.211 e. The summed E-state index contributed by atoms with van der Waals surface area (Å²) in [6.45, 7) is 0. The number of carbonyl (C=O) groups is 2. The summed E-state index contributed by atoms with van der Waals surface area (Å²) < 4.78 is 4.96. The highest BCUT2D eigenvalue weighted by Gasteiger charge is 2.31. The molecule has 116 valence electrons. The van der Waals surface area contributed by atoms with Crippen LogP contribution in [0.2, 0.25) is 0 Å². The number of ether oxygens (including phenoxy) is 1. The van der Waals surface area contributed by atoms with Gasteiger partial charge in [-0.25, -0.2) is 0 Å². The number of anilines is 1. The average molecular weight is 330 g/mol. The fourth-order valence-electron chi connectivity index (χ4n) is 2.37. The molecule has 3 rings (SSSR count). The molecule has 2 aromatic carbocycles. The SMILES string of the molecule is COc1ccc(NC2=C(Cl)C(=O)c3ccccc3C2=O)cc1O. The number of Topliss-reactive ketones (excluding diaryl/α,β-unsaturated/α-hetero) is 2. The number of carbonyl (C=O) groups excluding carboxylic acids is 2. The molecule has 0 spiro atoms. The zero-order valence-electron chi connectivity index (χ0n) is 12.1. The first kappa shape index (κ1) is 15.1. The second-order valence-electron chi connectivity index (χ2n) is 4.90. The Kier molecular flexibility index (Phi) is 3.80. The molecule has 1 aliphatic rings. The predicted octanol–water partition coefficient (Wildman–Crippen LogP) is 3.34. The Morgan fingerprint density at radius 1 is 1.04 bits per heavy atom. The van der Waals surface area contributed by atoms with Crippen molar-refractivity contribution < 1.29 is 19.4 Å². The predicted molar refractivity (Wildman–Crippen MR) is 86.3 cm³/mol. The van der Waals surface area contributed by atoms with Crippen LogP contribution in [-0.2, 0) is 0 Å². The molecule has 23 heavy (non-hydrogen) atoms. The van der Waals surface area contributed by atoms with E-state index in [-0.39, 0.29) is 27.8 Å². The molecule has 5 nitrogen and oxygen atoms in total. The van der Waals surface area contributed by atoms with Crippen LogP contribution in [0.15, 0.2) is 53.2 Å². The second-order valence-corrected chi connectivity index (χ2v) is 5.28. The monoisotopic (exact) mass is 329 g/mol. The molecule has 0 aliphatic heterocycles. The Bertz CT molecular complexity index is 857. The molecular formula is C17H12ClNO4. The van der Waals surface area contributed by atoms with Gasteiger partial charge in [0.15, 0.2) is 11.5 Å². The largest absolute Gasteiger partial charge is 0.504 e. The van der Waals surface area contributed by atoms with Gasteiger partial charge in [0.1, 0.15) is 10.7 Å². The highest BCUT2D eigenvalue weighted by Crippen LogP contribution is 2.32. The number of hydrogen-bond donors (Lipinski definition) is 2. The van der Waals surface area contributed by atoms with E-state index in [1.165, 1.54) is 19.2 Å². The van der Waals surface area contributed by atoms with Gasteiger partial charge in [0, 0.05) is 22.9 Å². The molecule has 0 heterocycles. The van der Waals surface area contributed by atoms with Crippen molar-refractivity contribution in [3.05, 3.63) is 64.3 Å². The van der Waals surface area contributed by atoms with Crippen LogP contribution in [0.25, 0.3) is 0 Å². The van der Waals surface area contributed by atoms with Crippen molar-refractivity contribution >= 4 is 28.9 Å². The minimum absolute atomic E-state index is 0.0140. The summed E-state index contributed by atoms with van der Waals surface area (Å²) in [7, 11) is 1.43. The van der Waals surface area contributed by atoms with E-state index in [0.29, 0.717) is 17.0 Å². The van der Waals surface area contributed by atoms with Gasteiger partial charge in [0.05, 0.1) is 7.11 Å². The number of methoxy groups -OCH3 is 1. The third kappa shape index (κ3) is 2.55. The molecule has 2 aromatic rings. The number of ketones is 2. The Hall–Kier alpha value is -2.79. The second kappa shape index (κ2) is 5.78. The first-order valence-electron chi connectivity index (χ1n) is 6.75. The number of allylic oxidation sites excluding steroid dienone is 2. The zero-order valence-corrected chi connectivity index (χ0v) is 12.8. The standard InChI is InChI=1S/C17H12ClNO4/c1-23-13-7-6-9(8-12(13)20)19-15-14(18)16(21)10-4-2-3-5-11(10)17(15)22/h2-8,19-20H,1H3. The lowest BCUT2D eigenvalue weighted by molar-refractivity contribution is 0.0982. The van der Waals surface area contributed by atoms with Crippen molar-refractivity contribution in [2.75, 3.05) is 12.4 Å². The van der Waals surface area contributed by atoms with Gasteiger partial charge in [-0.15, -0.1) is 0 Å². The number of benzene rings is 2. The van der Waals surface area contributed by atoms with Crippen LogP contribution in [0.3, 0.4) is 0 Å². The van der Waals surface area contributed by atoms with Crippen LogP contribution in [0, 0.1) is 0 Å². The Labute approximate surface area is 137 Å². The van der Waals surface area contributed by atoms with Crippen LogP contribution < -0.4 is 10.1 Å². The van der Waals surface area contributed by atoms with Crippen molar-refractivity contribution in [1.29, 1.82) is 0 Å². The summed E-state index contributed by atoms with van der Waals surface area (Å²) in [6.07, 6.45) is 0. The molecule has 0 saturated heterocycles. The van der Waals surface area contributed by atoms with Gasteiger partial charge in [-0.1, -0.05) is 35.9 Å². The molecule has 1 aliphatic carbocycles. The molecule has 0 aromatic heterocycles. The summed E-state index contributed by atoms with van der Waals surface area (Å²) in [4.78, 5) is 24.8. The number of phenolic OH excluding ortho intramolecular Hbond substituents is 1. The van der Waals surface area contributed by atoms with Crippen molar-refractivity contribution in [3.8, 4) is 11.5 Å². The van der Waals surface area contributed by atoms with Crippen LogP contribution in [0.5, 0.6) is 11.5 Å². The first-order chi connectivity index (χ1) is 11.0. The minimum Gasteiger partial charge on any atom is -0.504 e. The third-order valence-electron chi connectivity index (χ3n) is 3.51. The number of hydrogen-bond acceptors (Lipinski definition) is 5. The van der Waals surface area contributed by atoms with Crippen LogP contribution in [0.4, 0.5) is 5.69 Å². The summed E-state index contributed by atoms with van der Waals surface area (Å²) in [5.41, 5.74) is 0.977. The van der Waals surface area contributed by atoms with Gasteiger partial charge in [-0.2, -0.15) is 0 Å². The number of halogens is 1. The zero-order chi connectivity index (χ0) is 16.6. The normalized spacial score (nSPS) is 13.8. The van der Waals surface area contributed by atoms with Gasteiger partial charge < -0.3 is 15.2 Å². The van der Waals surface area contributed by atoms with E-state index in [1.54, 1.807) is 30.3 Å². The Balaban J connectivity index is 2.00. The lowest BCUT2D eigenvalue weighted by atomic mass is 9.92. The Morgan fingerprint density at radius 3 is 2.30 bits per heavy atom. The number of phenols is 1. The molecule has 0 bridgehead atoms. The van der Waals surface area contributed by atoms with E-state index < -0.39 is 5.78 Å². The van der Waals surface area contributed by atoms with Crippen LogP contribution in [-0.4, -0.2) is 23.8 Å². The van der Waals surface area contributed by atoms with Crippen molar-refractivity contribution in [2.24, 2.45) is 0 Å². The van der Waals surface area contributed by atoms with Gasteiger partial charge in [0.2, 0.25) is 11.6 Å². The van der Waals surface area contributed by atoms with E-state index in [9.17, 15) is 14.7 Å². The lowest BCUT2D eigenvalue weighted by Crippen LogP contribution is -2.24. The molecular weight excluding hydrogens is 318 g/mol. The number of rotatable bonds is 3. The maximum atomic E-state index is 12.5. The number of fused-ring (bicyclic) bond motifs is 1. The summed E-state index contributed by atoms with van der Waals surface area (Å²) in [6, 6.07) is 11.0. The van der Waals surface area contributed by atoms with Gasteiger partial charge in [-0.05, 0) is 12.1 Å². The first-order valence-corrected chi connectivity index (χ1v) is 7.13. The third-order valence-corrected chi connectivity index (χ3v) is 3.87. The van der Waals surface area contributed by atoms with E-state index >= 15 is 0 Å². The highest BCUT2D eigenvalue weighted by molar-refractivity contribution is 6.50. The fraction of sp³-hybridized carbons (Fsp3) is 0.0588. The molecule has 0 amide bonds. The van der Waals surface area contributed by atoms with E-state index in [2.05, 4.69) is 5.32 Å². The van der Waals surface area contributed by atoms with E-state index in [4.69, 9.17) is 16.3 Å². The maximum Gasteiger partial charge on any atom is 0.211 e. The lowest BCUT2D eigenvalue weighted by Gasteiger charge is -2.19. The molecule has 2 N–H and O–H groups in total. The van der Waals surface area contributed by atoms with E-state index in [0.717, 1.165) is 0 Å². The Morgan fingerprint density at radius 2 is 1.70 bits per heavy atom. The van der Waals surface area contributed by atoms with Crippen LogP contribution >= 0.6 is 11.6 Å². The molecule has 0 unspecified atom stereocenters. The van der Waals surface area contributed by atoms with Crippen molar-refractivity contribution in [3.63, 3.8) is 0 Å². The van der Waals surface area contributed by atoms with Crippen molar-refractivity contribution in [2.45, 2.75) is 0 Å². The molecule has 0 saturated carbocycles. The van der Waals surface area contributed by atoms with Gasteiger partial charge >= 0.3 is 0 Å². The number of nitrogens with one attached hydrogen (secondary N) is 1. The summed E-state index contributed by atoms with van der Waals surface area (Å²) in [5, 5.41) is 12.4.